The Hall–Kier alpha value is -1.58. The van der Waals surface area contributed by atoms with Crippen LogP contribution in [-0.2, 0) is 4.79 Å². The Morgan fingerprint density at radius 3 is 2.50 bits per heavy atom. The Kier molecular flexibility index (Phi) is 9.68. The van der Waals surface area contributed by atoms with Crippen molar-refractivity contribution in [1.82, 2.24) is 20.1 Å². The van der Waals surface area contributed by atoms with Crippen LogP contribution in [0.25, 0.3) is 0 Å². The fourth-order valence-corrected chi connectivity index (χ4v) is 2.54. The van der Waals surface area contributed by atoms with Crippen molar-refractivity contribution in [2.75, 3.05) is 58.3 Å². The molecule has 1 aromatic heterocycles. The maximum atomic E-state index is 11.9. The number of nitrogens with zero attached hydrogens (tertiary/aromatic N) is 5. The molecule has 1 N–H and O–H groups in total. The van der Waals surface area contributed by atoms with Gasteiger partial charge in [0.15, 0.2) is 5.96 Å². The molecular formula is C18H31IN6O. The number of guanidine groups is 1. The number of anilines is 1. The quantitative estimate of drug-likeness (QED) is 0.399. The van der Waals surface area contributed by atoms with Crippen molar-refractivity contribution in [3.05, 3.63) is 24.4 Å². The van der Waals surface area contributed by atoms with E-state index in [2.05, 4.69) is 38.9 Å². The minimum Gasteiger partial charge on any atom is -0.356 e. The van der Waals surface area contributed by atoms with Gasteiger partial charge in [-0.3, -0.25) is 4.79 Å². The van der Waals surface area contributed by atoms with E-state index in [0.29, 0.717) is 5.92 Å². The highest BCUT2D eigenvalue weighted by molar-refractivity contribution is 14.0. The molecule has 1 fully saturated rings. The van der Waals surface area contributed by atoms with E-state index in [-0.39, 0.29) is 36.4 Å². The van der Waals surface area contributed by atoms with Gasteiger partial charge in [0.05, 0.1) is 0 Å². The van der Waals surface area contributed by atoms with Gasteiger partial charge >= 0.3 is 0 Å². The van der Waals surface area contributed by atoms with E-state index < -0.39 is 0 Å². The number of hydrogen-bond donors (Lipinski definition) is 1. The van der Waals surface area contributed by atoms with E-state index in [1.54, 1.807) is 19.0 Å². The Balaban J connectivity index is 0.00000338. The molecule has 0 atom stereocenters. The molecule has 2 heterocycles. The largest absolute Gasteiger partial charge is 0.356 e. The molecule has 0 aromatic carbocycles. The molecule has 0 saturated carbocycles. The summed E-state index contributed by atoms with van der Waals surface area (Å²) in [5.41, 5.74) is 0. The minimum absolute atomic E-state index is 0. The lowest BCUT2D eigenvalue weighted by Crippen LogP contribution is -2.53. The molecule has 0 radical (unpaired) electrons. The van der Waals surface area contributed by atoms with E-state index in [1.165, 1.54) is 0 Å². The van der Waals surface area contributed by atoms with Crippen LogP contribution in [0.4, 0.5) is 5.82 Å². The van der Waals surface area contributed by atoms with Crippen LogP contribution < -0.4 is 10.2 Å². The van der Waals surface area contributed by atoms with E-state index in [4.69, 9.17) is 0 Å². The summed E-state index contributed by atoms with van der Waals surface area (Å²) in [6.45, 7) is 8.84. The van der Waals surface area contributed by atoms with Crippen molar-refractivity contribution in [1.29, 1.82) is 0 Å². The van der Waals surface area contributed by atoms with Crippen LogP contribution in [0.1, 0.15) is 13.8 Å². The Bertz CT molecular complexity index is 570. The first-order valence-corrected chi connectivity index (χ1v) is 8.86. The number of rotatable bonds is 5. The van der Waals surface area contributed by atoms with Crippen molar-refractivity contribution in [2.45, 2.75) is 13.8 Å². The third-order valence-corrected chi connectivity index (χ3v) is 4.08. The number of aliphatic imine (C=N–C) groups is 1. The molecule has 26 heavy (non-hydrogen) atoms. The molecule has 1 aliphatic rings. The smallest absolute Gasteiger partial charge is 0.243 e. The highest BCUT2D eigenvalue weighted by atomic mass is 127. The maximum Gasteiger partial charge on any atom is 0.243 e. The lowest BCUT2D eigenvalue weighted by Gasteiger charge is -2.37. The van der Waals surface area contributed by atoms with Gasteiger partial charge in [0.2, 0.25) is 5.91 Å². The first-order valence-electron chi connectivity index (χ1n) is 8.86. The summed E-state index contributed by atoms with van der Waals surface area (Å²) in [6.07, 6.45) is 1.83. The van der Waals surface area contributed by atoms with Crippen molar-refractivity contribution < 1.29 is 4.79 Å². The number of piperazine rings is 1. The first kappa shape index (κ1) is 22.5. The number of pyridine rings is 1. The van der Waals surface area contributed by atoms with Gasteiger partial charge in [0.25, 0.3) is 0 Å². The number of likely N-dealkylation sites (N-methyl/N-ethyl adjacent to an activating group) is 1. The lowest BCUT2D eigenvalue weighted by molar-refractivity contribution is -0.127. The summed E-state index contributed by atoms with van der Waals surface area (Å²) >= 11 is 0. The fraction of sp³-hybridized carbons (Fsp3) is 0.611. The summed E-state index contributed by atoms with van der Waals surface area (Å²) in [5, 5.41) is 3.41. The van der Waals surface area contributed by atoms with Gasteiger partial charge in [-0.1, -0.05) is 19.9 Å². The van der Waals surface area contributed by atoms with E-state index in [0.717, 1.165) is 44.5 Å². The standard InChI is InChI=1S/C18H30N6O.HI/c1-15(2)13-20-18(21-14-17(25)22(3)4)24-11-9-23(10-12-24)16-7-5-6-8-19-16;/h5-8,15H,9-14H2,1-4H3,(H,20,21);1H. The first-order chi connectivity index (χ1) is 12.0. The lowest BCUT2D eigenvalue weighted by atomic mass is 10.2. The van der Waals surface area contributed by atoms with Crippen LogP contribution in [0, 0.1) is 5.92 Å². The van der Waals surface area contributed by atoms with Crippen LogP contribution in [0.15, 0.2) is 29.4 Å². The van der Waals surface area contributed by atoms with Gasteiger partial charge in [-0.05, 0) is 18.1 Å². The molecule has 1 saturated heterocycles. The summed E-state index contributed by atoms with van der Waals surface area (Å²) in [5.74, 6) is 2.36. The Labute approximate surface area is 173 Å². The van der Waals surface area contributed by atoms with Crippen molar-refractivity contribution in [2.24, 2.45) is 10.9 Å². The minimum atomic E-state index is 0. The molecule has 2 rings (SSSR count). The fourth-order valence-electron chi connectivity index (χ4n) is 2.54. The molecule has 0 bridgehead atoms. The summed E-state index contributed by atoms with van der Waals surface area (Å²) in [7, 11) is 3.51. The third-order valence-electron chi connectivity index (χ3n) is 4.08. The summed E-state index contributed by atoms with van der Waals surface area (Å²) < 4.78 is 0. The molecule has 146 valence electrons. The Morgan fingerprint density at radius 2 is 1.96 bits per heavy atom. The predicted octanol–water partition coefficient (Wildman–Crippen LogP) is 1.51. The normalized spacial score (nSPS) is 14.9. The number of nitrogens with one attached hydrogen (secondary N) is 1. The molecule has 8 heteroatoms. The molecule has 1 aliphatic heterocycles. The van der Waals surface area contributed by atoms with Crippen LogP contribution in [0.3, 0.4) is 0 Å². The van der Waals surface area contributed by atoms with Crippen LogP contribution in [0.2, 0.25) is 0 Å². The van der Waals surface area contributed by atoms with Gasteiger partial charge in [-0.25, -0.2) is 9.98 Å². The van der Waals surface area contributed by atoms with Gasteiger partial charge in [0.1, 0.15) is 12.4 Å². The Morgan fingerprint density at radius 1 is 1.27 bits per heavy atom. The number of carbonyl (C=O) groups excluding carboxylic acids is 1. The maximum absolute atomic E-state index is 11.9. The molecule has 0 unspecified atom stereocenters. The monoisotopic (exact) mass is 474 g/mol. The second-order valence-electron chi connectivity index (χ2n) is 6.86. The second kappa shape index (κ2) is 11.2. The second-order valence-corrected chi connectivity index (χ2v) is 6.86. The van der Waals surface area contributed by atoms with Crippen molar-refractivity contribution >= 4 is 41.7 Å². The molecule has 1 amide bonds. The SMILES string of the molecule is CC(C)CNC(=NCC(=O)N(C)C)N1CCN(c2ccccn2)CC1.I. The average molecular weight is 474 g/mol. The van der Waals surface area contributed by atoms with Crippen molar-refractivity contribution in [3.8, 4) is 0 Å². The number of carbonyl (C=O) groups is 1. The molecule has 0 spiro atoms. The van der Waals surface area contributed by atoms with Crippen molar-refractivity contribution in [3.63, 3.8) is 0 Å². The molecule has 7 nitrogen and oxygen atoms in total. The molecular weight excluding hydrogens is 443 g/mol. The van der Waals surface area contributed by atoms with Gasteiger partial charge < -0.3 is 20.0 Å². The zero-order valence-corrected chi connectivity index (χ0v) is 18.5. The average Bonchev–Trinajstić information content (AvgIpc) is 2.62. The van der Waals surface area contributed by atoms with E-state index in [1.807, 2.05) is 24.4 Å². The molecule has 1 aromatic rings. The van der Waals surface area contributed by atoms with E-state index in [9.17, 15) is 4.79 Å². The molecule has 0 aliphatic carbocycles. The highest BCUT2D eigenvalue weighted by Crippen LogP contribution is 2.12. The van der Waals surface area contributed by atoms with Crippen LogP contribution in [0.5, 0.6) is 0 Å². The van der Waals surface area contributed by atoms with E-state index >= 15 is 0 Å². The summed E-state index contributed by atoms with van der Waals surface area (Å²) in [4.78, 5) is 26.9. The number of amides is 1. The van der Waals surface area contributed by atoms with Gasteiger partial charge in [-0.15, -0.1) is 24.0 Å². The highest BCUT2D eigenvalue weighted by Gasteiger charge is 2.21. The topological polar surface area (TPSA) is 64.1 Å². The number of aromatic nitrogens is 1. The number of hydrogen-bond acceptors (Lipinski definition) is 4. The third kappa shape index (κ3) is 6.97. The summed E-state index contributed by atoms with van der Waals surface area (Å²) in [6, 6.07) is 5.98. The number of halogens is 1. The van der Waals surface area contributed by atoms with Crippen LogP contribution in [-0.4, -0.2) is 80.0 Å². The van der Waals surface area contributed by atoms with Gasteiger partial charge in [0, 0.05) is 53.0 Å². The predicted molar refractivity (Wildman–Crippen MR) is 117 cm³/mol. The van der Waals surface area contributed by atoms with Crippen LogP contribution >= 0.6 is 24.0 Å². The van der Waals surface area contributed by atoms with Gasteiger partial charge in [-0.2, -0.15) is 0 Å². The zero-order valence-electron chi connectivity index (χ0n) is 16.2. The zero-order chi connectivity index (χ0) is 18.2.